The molecule has 0 aliphatic heterocycles. The first kappa shape index (κ1) is 18.5. The van der Waals surface area contributed by atoms with Crippen molar-refractivity contribution in [2.45, 2.75) is 18.7 Å². The first-order valence-corrected chi connectivity index (χ1v) is 10.6. The van der Waals surface area contributed by atoms with Crippen molar-refractivity contribution in [2.24, 2.45) is 0 Å². The molecule has 0 fully saturated rings. The number of aromatic amines is 2. The molecule has 0 unspecified atom stereocenters. The molecule has 0 atom stereocenters. The van der Waals surface area contributed by atoms with Crippen LogP contribution in [0.2, 0.25) is 0 Å². The lowest BCUT2D eigenvalue weighted by Crippen LogP contribution is -2.12. The summed E-state index contributed by atoms with van der Waals surface area (Å²) < 4.78 is 33.6. The summed E-state index contributed by atoms with van der Waals surface area (Å²) in [6.45, 7) is 3.43. The number of rotatable bonds is 1. The minimum Gasteiger partial charge on any atom is -0.354 e. The highest BCUT2D eigenvalue weighted by Crippen LogP contribution is 2.27. The lowest BCUT2D eigenvalue weighted by molar-refractivity contribution is 0.483. The van der Waals surface area contributed by atoms with Crippen LogP contribution < -0.4 is 10.9 Å². The van der Waals surface area contributed by atoms with Crippen molar-refractivity contribution < 1.29 is 13.0 Å². The van der Waals surface area contributed by atoms with E-state index >= 15 is 0 Å². The van der Waals surface area contributed by atoms with Crippen LogP contribution in [0.4, 0.5) is 0 Å². The monoisotopic (exact) mass is 420 g/mol. The molecule has 0 bridgehead atoms. The largest absolute Gasteiger partial charge is 0.354 e. The Balaban J connectivity index is 2.01. The van der Waals surface area contributed by atoms with Crippen LogP contribution in [0.3, 0.4) is 0 Å². The third-order valence-corrected chi connectivity index (χ3v) is 6.49. The molecule has 150 valence electrons. The molecule has 0 saturated carbocycles. The second kappa shape index (κ2) is 6.01. The van der Waals surface area contributed by atoms with Crippen LogP contribution in [0.5, 0.6) is 0 Å². The Morgan fingerprint density at radius 3 is 2.00 bits per heavy atom. The molecule has 2 aromatic heterocycles. The molecule has 0 radical (unpaired) electrons. The van der Waals surface area contributed by atoms with Crippen molar-refractivity contribution >= 4 is 53.7 Å². The molecule has 0 saturated heterocycles. The number of aromatic nitrogens is 2. The molecule has 2 heterocycles. The molecule has 30 heavy (non-hydrogen) atoms. The lowest BCUT2D eigenvalue weighted by atomic mass is 10.0. The van der Waals surface area contributed by atoms with Gasteiger partial charge < -0.3 is 9.97 Å². The molecule has 5 rings (SSSR count). The first-order chi connectivity index (χ1) is 14.1. The quantitative estimate of drug-likeness (QED) is 0.283. The highest BCUT2D eigenvalue weighted by Gasteiger charge is 2.21. The molecule has 0 spiro atoms. The van der Waals surface area contributed by atoms with Gasteiger partial charge >= 0.3 is 0 Å². The second-order valence-electron chi connectivity index (χ2n) is 7.51. The van der Waals surface area contributed by atoms with E-state index in [9.17, 15) is 22.6 Å². The van der Waals surface area contributed by atoms with Crippen LogP contribution in [0.15, 0.2) is 56.9 Å². The Hall–Kier alpha value is -3.49. The maximum Gasteiger partial charge on any atom is 0.295 e. The predicted octanol–water partition coefficient (Wildman–Crippen LogP) is 3.54. The van der Waals surface area contributed by atoms with Gasteiger partial charge in [-0.3, -0.25) is 14.1 Å². The zero-order valence-corrected chi connectivity index (χ0v) is 16.8. The molecule has 0 aliphatic carbocycles. The fraction of sp³-hybridized carbons (Fsp3) is 0.0909. The van der Waals surface area contributed by atoms with Crippen molar-refractivity contribution in [3.8, 4) is 0 Å². The van der Waals surface area contributed by atoms with Crippen molar-refractivity contribution in [1.29, 1.82) is 0 Å². The third kappa shape index (κ3) is 2.58. The van der Waals surface area contributed by atoms with E-state index in [0.717, 1.165) is 5.56 Å². The topological polar surface area (TPSA) is 120 Å². The average molecular weight is 420 g/mol. The molecule has 7 nitrogen and oxygen atoms in total. The zero-order chi connectivity index (χ0) is 21.4. The number of aryl methyl sites for hydroxylation is 2. The van der Waals surface area contributed by atoms with Gasteiger partial charge in [0.2, 0.25) is 0 Å². The maximum absolute atomic E-state index is 13.3. The summed E-state index contributed by atoms with van der Waals surface area (Å²) in [6.07, 6.45) is 0. The van der Waals surface area contributed by atoms with Crippen molar-refractivity contribution in [2.75, 3.05) is 0 Å². The van der Waals surface area contributed by atoms with Crippen molar-refractivity contribution in [3.05, 3.63) is 74.0 Å². The van der Waals surface area contributed by atoms with Crippen LogP contribution in [0.25, 0.3) is 43.6 Å². The number of fused-ring (bicyclic) bond motifs is 4. The fourth-order valence-corrected chi connectivity index (χ4v) is 5.00. The van der Waals surface area contributed by atoms with Crippen molar-refractivity contribution in [3.63, 3.8) is 0 Å². The van der Waals surface area contributed by atoms with Gasteiger partial charge in [0.25, 0.3) is 10.1 Å². The van der Waals surface area contributed by atoms with Gasteiger partial charge in [-0.2, -0.15) is 8.42 Å². The van der Waals surface area contributed by atoms with Crippen LogP contribution in [0.1, 0.15) is 11.1 Å². The van der Waals surface area contributed by atoms with Crippen LogP contribution in [0, 0.1) is 13.8 Å². The van der Waals surface area contributed by atoms with E-state index in [1.165, 1.54) is 13.0 Å². The van der Waals surface area contributed by atoms with Crippen molar-refractivity contribution in [1.82, 2.24) is 9.97 Å². The van der Waals surface area contributed by atoms with E-state index in [0.29, 0.717) is 27.3 Å². The summed E-state index contributed by atoms with van der Waals surface area (Å²) in [6, 6.07) is 11.7. The number of H-pyrrole nitrogens is 2. The van der Waals surface area contributed by atoms with E-state index in [1.54, 1.807) is 24.3 Å². The molecule has 0 aliphatic rings. The Kier molecular flexibility index (Phi) is 3.71. The van der Waals surface area contributed by atoms with E-state index in [1.807, 2.05) is 19.1 Å². The number of benzene rings is 3. The number of hydrogen-bond donors (Lipinski definition) is 3. The third-order valence-electron chi connectivity index (χ3n) is 5.44. The van der Waals surface area contributed by atoms with Crippen LogP contribution in [-0.2, 0) is 10.1 Å². The van der Waals surface area contributed by atoms with Crippen LogP contribution in [-0.4, -0.2) is 22.9 Å². The lowest BCUT2D eigenvalue weighted by Gasteiger charge is -2.10. The van der Waals surface area contributed by atoms with E-state index in [2.05, 4.69) is 9.97 Å². The SMILES string of the molecule is Cc1ccc2c(=O)c3cc4[nH]c5ccc(C)c(S(=O)(=O)O)c5c(=O)c4cc3[nH]c2c1. The standard InChI is InChI=1S/C22H16N2O5S/c1-10-3-5-12-16(7-10)24-17-9-14-18(8-13(17)20(12)25)23-15-6-4-11(2)22(30(27,28)29)19(15)21(14)26/h3-9H,1-2H3,(H,23,26)(H,24,25)(H,27,28,29). The fourth-order valence-electron chi connectivity index (χ4n) is 4.06. The summed E-state index contributed by atoms with van der Waals surface area (Å²) in [4.78, 5) is 32.1. The van der Waals surface area contributed by atoms with Gasteiger partial charge in [0.15, 0.2) is 10.9 Å². The summed E-state index contributed by atoms with van der Waals surface area (Å²) in [5, 5.41) is 1.06. The summed E-state index contributed by atoms with van der Waals surface area (Å²) in [7, 11) is -4.61. The highest BCUT2D eigenvalue weighted by molar-refractivity contribution is 7.86. The van der Waals surface area contributed by atoms with Gasteiger partial charge in [0, 0.05) is 21.7 Å². The normalized spacial score (nSPS) is 12.4. The van der Waals surface area contributed by atoms with E-state index in [4.69, 9.17) is 0 Å². The predicted molar refractivity (Wildman–Crippen MR) is 117 cm³/mol. The van der Waals surface area contributed by atoms with Gasteiger partial charge in [-0.15, -0.1) is 0 Å². The maximum atomic E-state index is 13.3. The Morgan fingerprint density at radius 2 is 1.33 bits per heavy atom. The van der Waals surface area contributed by atoms with Gasteiger partial charge in [-0.25, -0.2) is 0 Å². The second-order valence-corrected chi connectivity index (χ2v) is 8.87. The minimum atomic E-state index is -4.61. The Bertz CT molecular complexity index is 1780. The van der Waals surface area contributed by atoms with Gasteiger partial charge in [0.05, 0.1) is 21.9 Å². The van der Waals surface area contributed by atoms with Gasteiger partial charge in [0.1, 0.15) is 4.90 Å². The smallest absolute Gasteiger partial charge is 0.295 e. The zero-order valence-electron chi connectivity index (χ0n) is 16.0. The summed E-state index contributed by atoms with van der Waals surface area (Å²) in [5.74, 6) is 0. The highest BCUT2D eigenvalue weighted by atomic mass is 32.2. The number of pyridine rings is 2. The molecule has 0 amide bonds. The average Bonchev–Trinajstić information content (AvgIpc) is 2.67. The van der Waals surface area contributed by atoms with E-state index < -0.39 is 20.4 Å². The first-order valence-electron chi connectivity index (χ1n) is 9.18. The molecule has 8 heteroatoms. The van der Waals surface area contributed by atoms with Crippen LogP contribution >= 0.6 is 0 Å². The number of hydrogen-bond acceptors (Lipinski definition) is 4. The molecule has 5 aromatic rings. The Morgan fingerprint density at radius 1 is 0.733 bits per heavy atom. The molecular formula is C22H16N2O5S. The molecular weight excluding hydrogens is 404 g/mol. The van der Waals surface area contributed by atoms with E-state index in [-0.39, 0.29) is 27.3 Å². The minimum absolute atomic E-state index is 0.108. The number of nitrogens with one attached hydrogen (secondary N) is 2. The Labute approximate surface area is 169 Å². The summed E-state index contributed by atoms with van der Waals surface area (Å²) in [5.41, 5.74) is 2.34. The molecule has 3 aromatic carbocycles. The summed E-state index contributed by atoms with van der Waals surface area (Å²) >= 11 is 0. The molecule has 3 N–H and O–H groups in total. The van der Waals surface area contributed by atoms with Gasteiger partial charge in [-0.1, -0.05) is 12.1 Å². The van der Waals surface area contributed by atoms with Gasteiger partial charge in [-0.05, 0) is 55.3 Å².